The molecular formula is C25H24N2O4. The molecule has 1 N–H and O–H groups in total. The number of carbonyl (C=O) groups is 3. The molecule has 0 aliphatic rings. The monoisotopic (exact) mass is 416 g/mol. The molecule has 3 aromatic rings. The predicted molar refractivity (Wildman–Crippen MR) is 121 cm³/mol. The van der Waals surface area contributed by atoms with Gasteiger partial charge in [-0.2, -0.15) is 0 Å². The van der Waals surface area contributed by atoms with Gasteiger partial charge in [-0.3, -0.25) is 9.59 Å². The van der Waals surface area contributed by atoms with E-state index in [1.807, 2.05) is 43.3 Å². The summed E-state index contributed by atoms with van der Waals surface area (Å²) in [6.45, 7) is 3.46. The molecule has 0 radical (unpaired) electrons. The summed E-state index contributed by atoms with van der Waals surface area (Å²) in [6, 6.07) is 17.9. The standard InChI is InChI=1S/C25H24N2O4/c1-3-6-23(28)27-21-13-10-19(11-14-21)25(30)17(2)31-24(29)16-15-20-12-9-18-7-4-5-8-22(18)26-20/h4-5,7-17H,3,6H2,1-2H3,(H,27,28). The summed E-state index contributed by atoms with van der Waals surface area (Å²) < 4.78 is 5.23. The minimum absolute atomic E-state index is 0.0726. The quantitative estimate of drug-likeness (QED) is 0.324. The van der Waals surface area contributed by atoms with E-state index in [-0.39, 0.29) is 11.7 Å². The summed E-state index contributed by atoms with van der Waals surface area (Å²) in [6.07, 6.45) is 3.07. The van der Waals surface area contributed by atoms with Gasteiger partial charge in [0.1, 0.15) is 0 Å². The highest BCUT2D eigenvalue weighted by Gasteiger charge is 2.18. The van der Waals surface area contributed by atoms with Crippen molar-refractivity contribution in [1.29, 1.82) is 0 Å². The van der Waals surface area contributed by atoms with Gasteiger partial charge >= 0.3 is 5.97 Å². The van der Waals surface area contributed by atoms with Gasteiger partial charge in [0.05, 0.1) is 11.2 Å². The summed E-state index contributed by atoms with van der Waals surface area (Å²) in [5.74, 6) is -1.02. The van der Waals surface area contributed by atoms with Crippen molar-refractivity contribution in [2.45, 2.75) is 32.8 Å². The Kier molecular flexibility index (Phi) is 7.27. The Morgan fingerprint density at radius 2 is 1.77 bits per heavy atom. The number of amides is 1. The van der Waals surface area contributed by atoms with Crippen LogP contribution >= 0.6 is 0 Å². The number of hydrogen-bond donors (Lipinski definition) is 1. The number of aromatic nitrogens is 1. The van der Waals surface area contributed by atoms with Crippen molar-refractivity contribution < 1.29 is 19.1 Å². The van der Waals surface area contributed by atoms with E-state index in [1.165, 1.54) is 13.0 Å². The molecular weight excluding hydrogens is 392 g/mol. The Hall–Kier alpha value is -3.80. The number of ketones is 1. The summed E-state index contributed by atoms with van der Waals surface area (Å²) in [4.78, 5) is 40.8. The summed E-state index contributed by atoms with van der Waals surface area (Å²) in [5.41, 5.74) is 2.46. The Labute approximate surface area is 180 Å². The Morgan fingerprint density at radius 3 is 2.52 bits per heavy atom. The molecule has 2 aromatic carbocycles. The van der Waals surface area contributed by atoms with E-state index in [4.69, 9.17) is 4.74 Å². The maximum absolute atomic E-state index is 12.5. The van der Waals surface area contributed by atoms with Gasteiger partial charge in [0.15, 0.2) is 6.10 Å². The van der Waals surface area contributed by atoms with Crippen LogP contribution in [0, 0.1) is 0 Å². The number of para-hydroxylation sites is 1. The smallest absolute Gasteiger partial charge is 0.331 e. The number of nitrogens with zero attached hydrogens (tertiary/aromatic N) is 1. The van der Waals surface area contributed by atoms with Gasteiger partial charge < -0.3 is 10.1 Å². The van der Waals surface area contributed by atoms with Gasteiger partial charge in [-0.1, -0.05) is 31.2 Å². The fraction of sp³-hybridized carbons (Fsp3) is 0.200. The van der Waals surface area contributed by atoms with Crippen LogP contribution in [0.5, 0.6) is 0 Å². The number of ether oxygens (including phenoxy) is 1. The van der Waals surface area contributed by atoms with Crippen molar-refractivity contribution in [3.8, 4) is 0 Å². The molecule has 6 nitrogen and oxygen atoms in total. The first-order chi connectivity index (χ1) is 15.0. The van der Waals surface area contributed by atoms with E-state index in [9.17, 15) is 14.4 Å². The number of benzene rings is 2. The van der Waals surface area contributed by atoms with Crippen molar-refractivity contribution in [3.63, 3.8) is 0 Å². The average Bonchev–Trinajstić information content (AvgIpc) is 2.77. The van der Waals surface area contributed by atoms with Crippen molar-refractivity contribution in [3.05, 3.63) is 78.0 Å². The largest absolute Gasteiger partial charge is 0.451 e. The van der Waals surface area contributed by atoms with Gasteiger partial charge in [-0.15, -0.1) is 0 Å². The molecule has 0 fully saturated rings. The van der Waals surface area contributed by atoms with E-state index < -0.39 is 12.1 Å². The van der Waals surface area contributed by atoms with E-state index in [1.54, 1.807) is 30.3 Å². The Bertz CT molecular complexity index is 1120. The van der Waals surface area contributed by atoms with Crippen molar-refractivity contribution in [2.24, 2.45) is 0 Å². The molecule has 0 saturated heterocycles. The van der Waals surface area contributed by atoms with E-state index in [0.717, 1.165) is 17.3 Å². The fourth-order valence-corrected chi connectivity index (χ4v) is 3.00. The fourth-order valence-electron chi connectivity index (χ4n) is 3.00. The van der Waals surface area contributed by atoms with Crippen molar-refractivity contribution >= 4 is 40.3 Å². The highest BCUT2D eigenvalue weighted by molar-refractivity contribution is 6.01. The minimum Gasteiger partial charge on any atom is -0.451 e. The normalized spacial score (nSPS) is 11.9. The molecule has 6 heteroatoms. The number of anilines is 1. The zero-order chi connectivity index (χ0) is 22.2. The summed E-state index contributed by atoms with van der Waals surface area (Å²) in [7, 11) is 0. The highest BCUT2D eigenvalue weighted by atomic mass is 16.5. The summed E-state index contributed by atoms with van der Waals surface area (Å²) in [5, 5.41) is 3.77. The lowest BCUT2D eigenvalue weighted by atomic mass is 10.1. The molecule has 158 valence electrons. The first-order valence-electron chi connectivity index (χ1n) is 10.1. The van der Waals surface area contributed by atoms with Gasteiger partial charge in [-0.25, -0.2) is 9.78 Å². The highest BCUT2D eigenvalue weighted by Crippen LogP contribution is 2.14. The molecule has 0 aliphatic carbocycles. The van der Waals surface area contributed by atoms with Crippen LogP contribution in [-0.4, -0.2) is 28.7 Å². The van der Waals surface area contributed by atoms with Crippen LogP contribution in [0.1, 0.15) is 42.7 Å². The van der Waals surface area contributed by atoms with E-state index in [2.05, 4.69) is 10.3 Å². The second-order valence-electron chi connectivity index (χ2n) is 7.08. The molecule has 3 rings (SSSR count). The number of rotatable bonds is 8. The van der Waals surface area contributed by atoms with Crippen LogP contribution in [0.3, 0.4) is 0 Å². The first-order valence-corrected chi connectivity index (χ1v) is 10.1. The molecule has 1 aromatic heterocycles. The molecule has 1 unspecified atom stereocenters. The number of Topliss-reactive ketones (excluding diaryl/α,β-unsaturated/α-hetero) is 1. The molecule has 0 spiro atoms. The van der Waals surface area contributed by atoms with Gasteiger partial charge in [0, 0.05) is 29.1 Å². The molecule has 0 bridgehead atoms. The molecule has 1 amide bonds. The second-order valence-corrected chi connectivity index (χ2v) is 7.08. The average molecular weight is 416 g/mol. The zero-order valence-electron chi connectivity index (χ0n) is 17.5. The van der Waals surface area contributed by atoms with Crippen LogP contribution < -0.4 is 5.32 Å². The number of pyridine rings is 1. The number of esters is 1. The third-order valence-electron chi connectivity index (χ3n) is 4.60. The molecule has 1 atom stereocenters. The summed E-state index contributed by atoms with van der Waals surface area (Å²) >= 11 is 0. The number of nitrogens with one attached hydrogen (secondary N) is 1. The maximum Gasteiger partial charge on any atom is 0.331 e. The maximum atomic E-state index is 12.5. The SMILES string of the molecule is CCCC(=O)Nc1ccc(C(=O)C(C)OC(=O)C=Cc2ccc3ccccc3n2)cc1. The third kappa shape index (κ3) is 6.09. The topological polar surface area (TPSA) is 85.4 Å². The third-order valence-corrected chi connectivity index (χ3v) is 4.60. The zero-order valence-corrected chi connectivity index (χ0v) is 17.5. The lowest BCUT2D eigenvalue weighted by molar-refractivity contribution is -0.140. The molecule has 1 heterocycles. The number of hydrogen-bond acceptors (Lipinski definition) is 5. The van der Waals surface area contributed by atoms with E-state index in [0.29, 0.717) is 23.4 Å². The first kappa shape index (κ1) is 21.9. The van der Waals surface area contributed by atoms with E-state index >= 15 is 0 Å². The number of carbonyl (C=O) groups excluding carboxylic acids is 3. The van der Waals surface area contributed by atoms with Gasteiger partial charge in [0.25, 0.3) is 0 Å². The molecule has 0 aliphatic heterocycles. The van der Waals surface area contributed by atoms with Gasteiger partial charge in [-0.05, 0) is 55.8 Å². The van der Waals surface area contributed by atoms with Crippen LogP contribution in [-0.2, 0) is 14.3 Å². The number of fused-ring (bicyclic) bond motifs is 1. The second kappa shape index (κ2) is 10.3. The van der Waals surface area contributed by atoms with Crippen LogP contribution in [0.4, 0.5) is 5.69 Å². The Morgan fingerprint density at radius 1 is 1.03 bits per heavy atom. The predicted octanol–water partition coefficient (Wildman–Crippen LogP) is 4.80. The van der Waals surface area contributed by atoms with Crippen LogP contribution in [0.15, 0.2) is 66.7 Å². The van der Waals surface area contributed by atoms with Crippen molar-refractivity contribution in [2.75, 3.05) is 5.32 Å². The van der Waals surface area contributed by atoms with Crippen LogP contribution in [0.2, 0.25) is 0 Å². The minimum atomic E-state index is -0.942. The van der Waals surface area contributed by atoms with Gasteiger partial charge in [0.2, 0.25) is 11.7 Å². The molecule has 31 heavy (non-hydrogen) atoms. The molecule has 0 saturated carbocycles. The van der Waals surface area contributed by atoms with Crippen LogP contribution in [0.25, 0.3) is 17.0 Å². The lowest BCUT2D eigenvalue weighted by Gasteiger charge is -2.11. The Balaban J connectivity index is 1.57. The lowest BCUT2D eigenvalue weighted by Crippen LogP contribution is -2.23. The van der Waals surface area contributed by atoms with Crippen molar-refractivity contribution in [1.82, 2.24) is 4.98 Å².